The van der Waals surface area contributed by atoms with Crippen molar-refractivity contribution < 1.29 is 14.3 Å². The highest BCUT2D eigenvalue weighted by atomic mass is 19.1. The number of benzene rings is 2. The first-order valence-corrected chi connectivity index (χ1v) is 8.83. The molecule has 0 spiro atoms. The molecule has 1 unspecified atom stereocenters. The maximum absolute atomic E-state index is 13.0. The molecular formula is C20H24FN3O2. The second-order valence-electron chi connectivity index (χ2n) is 6.59. The lowest BCUT2D eigenvalue weighted by Crippen LogP contribution is -2.49. The summed E-state index contributed by atoms with van der Waals surface area (Å²) in [6.07, 6.45) is 0. The number of aromatic hydroxyl groups is 1. The fraction of sp³-hybridized carbons (Fsp3) is 0.350. The molecule has 0 saturated carbocycles. The van der Waals surface area contributed by atoms with Crippen molar-refractivity contribution in [2.75, 3.05) is 37.6 Å². The van der Waals surface area contributed by atoms with Gasteiger partial charge in [-0.05, 0) is 36.8 Å². The molecule has 0 aromatic heterocycles. The van der Waals surface area contributed by atoms with E-state index < -0.39 is 0 Å². The van der Waals surface area contributed by atoms with Gasteiger partial charge in [0.05, 0.1) is 18.3 Å². The van der Waals surface area contributed by atoms with Gasteiger partial charge in [-0.3, -0.25) is 9.69 Å². The van der Waals surface area contributed by atoms with Gasteiger partial charge in [-0.25, -0.2) is 4.39 Å². The summed E-state index contributed by atoms with van der Waals surface area (Å²) >= 11 is 0. The van der Waals surface area contributed by atoms with E-state index in [1.165, 1.54) is 12.1 Å². The number of nitrogens with zero attached hydrogens (tertiary/aromatic N) is 2. The molecule has 2 aromatic rings. The van der Waals surface area contributed by atoms with Crippen LogP contribution in [-0.4, -0.2) is 48.6 Å². The number of phenolic OH excluding ortho intramolecular Hbond substituents is 1. The van der Waals surface area contributed by atoms with E-state index in [-0.39, 0.29) is 23.5 Å². The highest BCUT2D eigenvalue weighted by molar-refractivity contribution is 5.78. The predicted molar refractivity (Wildman–Crippen MR) is 99.7 cm³/mol. The Kier molecular flexibility index (Phi) is 5.73. The molecule has 1 aliphatic rings. The molecule has 1 fully saturated rings. The number of anilines is 1. The molecule has 138 valence electrons. The number of hydrogen-bond donors (Lipinski definition) is 2. The number of hydrogen-bond acceptors (Lipinski definition) is 4. The first-order valence-electron chi connectivity index (χ1n) is 8.83. The van der Waals surface area contributed by atoms with Crippen molar-refractivity contribution in [2.24, 2.45) is 0 Å². The number of amides is 1. The first kappa shape index (κ1) is 18.2. The second kappa shape index (κ2) is 8.19. The average molecular weight is 357 g/mol. The van der Waals surface area contributed by atoms with Crippen molar-refractivity contribution in [3.63, 3.8) is 0 Å². The Morgan fingerprint density at radius 2 is 1.77 bits per heavy atom. The van der Waals surface area contributed by atoms with Crippen molar-refractivity contribution in [2.45, 2.75) is 13.0 Å². The van der Waals surface area contributed by atoms with Gasteiger partial charge in [0.1, 0.15) is 11.6 Å². The van der Waals surface area contributed by atoms with Crippen LogP contribution in [0.25, 0.3) is 0 Å². The largest absolute Gasteiger partial charge is 0.506 e. The molecule has 1 amide bonds. The van der Waals surface area contributed by atoms with Gasteiger partial charge in [0.15, 0.2) is 0 Å². The van der Waals surface area contributed by atoms with Crippen LogP contribution in [0.2, 0.25) is 0 Å². The number of phenols is 1. The fourth-order valence-corrected chi connectivity index (χ4v) is 3.20. The molecule has 0 aliphatic carbocycles. The second-order valence-corrected chi connectivity index (χ2v) is 6.59. The minimum Gasteiger partial charge on any atom is -0.506 e. The normalized spacial score (nSPS) is 16.3. The molecular weight excluding hydrogens is 333 g/mol. The molecule has 5 nitrogen and oxygen atoms in total. The topological polar surface area (TPSA) is 55.8 Å². The van der Waals surface area contributed by atoms with E-state index >= 15 is 0 Å². The molecule has 26 heavy (non-hydrogen) atoms. The summed E-state index contributed by atoms with van der Waals surface area (Å²) in [7, 11) is 0. The maximum atomic E-state index is 13.0. The van der Waals surface area contributed by atoms with E-state index in [1.54, 1.807) is 18.2 Å². The van der Waals surface area contributed by atoms with E-state index in [1.807, 2.05) is 25.1 Å². The number of rotatable bonds is 5. The van der Waals surface area contributed by atoms with Crippen LogP contribution < -0.4 is 10.2 Å². The summed E-state index contributed by atoms with van der Waals surface area (Å²) in [5.41, 5.74) is 1.71. The van der Waals surface area contributed by atoms with Gasteiger partial charge in [-0.2, -0.15) is 0 Å². The third-order valence-electron chi connectivity index (χ3n) is 4.71. The Hall–Kier alpha value is -2.60. The zero-order valence-corrected chi connectivity index (χ0v) is 14.9. The van der Waals surface area contributed by atoms with E-state index in [0.717, 1.165) is 37.4 Å². The summed E-state index contributed by atoms with van der Waals surface area (Å²) in [6.45, 7) is 5.26. The van der Waals surface area contributed by atoms with Crippen molar-refractivity contribution in [1.29, 1.82) is 0 Å². The fourth-order valence-electron chi connectivity index (χ4n) is 3.20. The smallest absolute Gasteiger partial charge is 0.234 e. The van der Waals surface area contributed by atoms with E-state index in [2.05, 4.69) is 15.1 Å². The quantitative estimate of drug-likeness (QED) is 0.863. The number of halogens is 1. The van der Waals surface area contributed by atoms with Gasteiger partial charge in [0, 0.05) is 26.2 Å². The van der Waals surface area contributed by atoms with Crippen LogP contribution in [0.15, 0.2) is 48.5 Å². The summed E-state index contributed by atoms with van der Waals surface area (Å²) in [4.78, 5) is 16.5. The Bertz CT molecular complexity index is 743. The number of para-hydroxylation sites is 2. The van der Waals surface area contributed by atoms with Gasteiger partial charge in [0.25, 0.3) is 0 Å². The van der Waals surface area contributed by atoms with Gasteiger partial charge in [-0.1, -0.05) is 24.3 Å². The SMILES string of the molecule is CC(NC(=O)CN1CCN(c2ccccc2O)CC1)c1ccc(F)cc1. The molecule has 0 bridgehead atoms. The Morgan fingerprint density at radius 1 is 1.12 bits per heavy atom. The number of piperazine rings is 1. The average Bonchev–Trinajstić information content (AvgIpc) is 2.63. The Balaban J connectivity index is 1.47. The third-order valence-corrected chi connectivity index (χ3v) is 4.71. The Morgan fingerprint density at radius 3 is 2.42 bits per heavy atom. The van der Waals surface area contributed by atoms with Gasteiger partial charge >= 0.3 is 0 Å². The van der Waals surface area contributed by atoms with Crippen LogP contribution in [-0.2, 0) is 4.79 Å². The number of carbonyl (C=O) groups is 1. The lowest BCUT2D eigenvalue weighted by atomic mass is 10.1. The summed E-state index contributed by atoms with van der Waals surface area (Å²) < 4.78 is 13.0. The lowest BCUT2D eigenvalue weighted by molar-refractivity contribution is -0.123. The lowest BCUT2D eigenvalue weighted by Gasteiger charge is -2.36. The van der Waals surface area contributed by atoms with Gasteiger partial charge in [0.2, 0.25) is 5.91 Å². The highest BCUT2D eigenvalue weighted by Gasteiger charge is 2.21. The van der Waals surface area contributed by atoms with Crippen LogP contribution in [0.3, 0.4) is 0 Å². The van der Waals surface area contributed by atoms with Crippen molar-refractivity contribution in [1.82, 2.24) is 10.2 Å². The zero-order chi connectivity index (χ0) is 18.5. The molecule has 1 heterocycles. The predicted octanol–water partition coefficient (Wildman–Crippen LogP) is 2.53. The minimum absolute atomic E-state index is 0.0437. The van der Waals surface area contributed by atoms with Crippen molar-refractivity contribution in [3.05, 3.63) is 59.9 Å². The van der Waals surface area contributed by atoms with Crippen LogP contribution in [0.1, 0.15) is 18.5 Å². The molecule has 1 saturated heterocycles. The molecule has 2 N–H and O–H groups in total. The summed E-state index contributed by atoms with van der Waals surface area (Å²) in [5, 5.41) is 12.9. The third kappa shape index (κ3) is 4.52. The first-order chi connectivity index (χ1) is 12.5. The zero-order valence-electron chi connectivity index (χ0n) is 14.9. The van der Waals surface area contributed by atoms with Gasteiger partial charge in [-0.15, -0.1) is 0 Å². The maximum Gasteiger partial charge on any atom is 0.234 e. The van der Waals surface area contributed by atoms with E-state index in [0.29, 0.717) is 6.54 Å². The Labute approximate surface area is 153 Å². The molecule has 2 aromatic carbocycles. The molecule has 1 atom stereocenters. The van der Waals surface area contributed by atoms with E-state index in [4.69, 9.17) is 0 Å². The van der Waals surface area contributed by atoms with Crippen LogP contribution >= 0.6 is 0 Å². The van der Waals surface area contributed by atoms with Crippen molar-refractivity contribution in [3.8, 4) is 5.75 Å². The molecule has 1 aliphatic heterocycles. The minimum atomic E-state index is -0.283. The number of nitrogens with one attached hydrogen (secondary N) is 1. The van der Waals surface area contributed by atoms with Gasteiger partial charge < -0.3 is 15.3 Å². The highest BCUT2D eigenvalue weighted by Crippen LogP contribution is 2.27. The number of carbonyl (C=O) groups excluding carboxylic acids is 1. The van der Waals surface area contributed by atoms with Crippen LogP contribution in [0.4, 0.5) is 10.1 Å². The van der Waals surface area contributed by atoms with Crippen LogP contribution in [0.5, 0.6) is 5.75 Å². The van der Waals surface area contributed by atoms with E-state index in [9.17, 15) is 14.3 Å². The monoisotopic (exact) mass is 357 g/mol. The standard InChI is InChI=1S/C20H24FN3O2/c1-15(16-6-8-17(21)9-7-16)22-20(26)14-23-10-12-24(13-11-23)18-4-2-3-5-19(18)25/h2-9,15,25H,10-14H2,1H3,(H,22,26). The summed E-state index contributed by atoms with van der Waals surface area (Å²) in [5.74, 6) is -0.0424. The molecule has 3 rings (SSSR count). The van der Waals surface area contributed by atoms with Crippen LogP contribution in [0, 0.1) is 5.82 Å². The summed E-state index contributed by atoms with van der Waals surface area (Å²) in [6, 6.07) is 13.3. The van der Waals surface area contributed by atoms with Crippen molar-refractivity contribution >= 4 is 11.6 Å². The molecule has 0 radical (unpaired) electrons. The molecule has 6 heteroatoms.